The zero-order chi connectivity index (χ0) is 26.5. The summed E-state index contributed by atoms with van der Waals surface area (Å²) in [5, 5.41) is 3.23. The van der Waals surface area contributed by atoms with Gasteiger partial charge in [0.15, 0.2) is 11.5 Å². The Morgan fingerprint density at radius 1 is 0.973 bits per heavy atom. The SMILES string of the molecule is COc1cc2c(cc1OC)CN(C(Cc1ccccc1C(N)=O)NC(=O)c1ccc(C(C)C)cc1)CC2. The van der Waals surface area contributed by atoms with E-state index in [0.717, 1.165) is 24.1 Å². The van der Waals surface area contributed by atoms with Crippen molar-refractivity contribution >= 4 is 11.8 Å². The minimum absolute atomic E-state index is 0.157. The van der Waals surface area contributed by atoms with E-state index in [-0.39, 0.29) is 12.1 Å². The highest BCUT2D eigenvalue weighted by atomic mass is 16.5. The number of ether oxygens (including phenoxy) is 2. The summed E-state index contributed by atoms with van der Waals surface area (Å²) in [5.74, 6) is 1.13. The van der Waals surface area contributed by atoms with E-state index in [0.29, 0.717) is 41.5 Å². The summed E-state index contributed by atoms with van der Waals surface area (Å²) < 4.78 is 11.0. The molecule has 3 aromatic carbocycles. The molecule has 4 rings (SSSR count). The summed E-state index contributed by atoms with van der Waals surface area (Å²) in [6.45, 7) is 5.60. The van der Waals surface area contributed by atoms with Crippen molar-refractivity contribution in [1.29, 1.82) is 0 Å². The van der Waals surface area contributed by atoms with Gasteiger partial charge in [-0.1, -0.05) is 44.2 Å². The number of amides is 2. The largest absolute Gasteiger partial charge is 0.493 e. The van der Waals surface area contributed by atoms with Crippen LogP contribution in [0, 0.1) is 0 Å². The summed E-state index contributed by atoms with van der Waals surface area (Å²) >= 11 is 0. The molecule has 1 heterocycles. The number of hydrogen-bond donors (Lipinski definition) is 2. The first-order chi connectivity index (χ1) is 17.8. The van der Waals surface area contributed by atoms with Gasteiger partial charge in [-0.3, -0.25) is 14.5 Å². The lowest BCUT2D eigenvalue weighted by molar-refractivity contribution is 0.0825. The second-order valence-corrected chi connectivity index (χ2v) is 9.69. The number of rotatable bonds is 9. The summed E-state index contributed by atoms with van der Waals surface area (Å²) in [6.07, 6.45) is 0.888. The molecule has 0 saturated heterocycles. The lowest BCUT2D eigenvalue weighted by Crippen LogP contribution is -2.51. The van der Waals surface area contributed by atoms with Crippen LogP contribution in [0.25, 0.3) is 0 Å². The van der Waals surface area contributed by atoms with Crippen molar-refractivity contribution < 1.29 is 19.1 Å². The number of hydrogen-bond acceptors (Lipinski definition) is 5. The smallest absolute Gasteiger partial charge is 0.252 e. The molecule has 0 spiro atoms. The first-order valence-electron chi connectivity index (χ1n) is 12.6. The molecular weight excluding hydrogens is 466 g/mol. The Balaban J connectivity index is 1.63. The zero-order valence-electron chi connectivity index (χ0n) is 21.9. The lowest BCUT2D eigenvalue weighted by atomic mass is 9.96. The Hall–Kier alpha value is -3.84. The molecule has 7 nitrogen and oxygen atoms in total. The Kier molecular flexibility index (Phi) is 8.14. The van der Waals surface area contributed by atoms with E-state index in [9.17, 15) is 9.59 Å². The van der Waals surface area contributed by atoms with Gasteiger partial charge in [-0.2, -0.15) is 0 Å². The van der Waals surface area contributed by atoms with Gasteiger partial charge in [0, 0.05) is 30.6 Å². The molecule has 1 atom stereocenters. The molecule has 2 amide bonds. The Bertz CT molecular complexity index is 1270. The number of nitrogens with zero attached hydrogens (tertiary/aromatic N) is 1. The fraction of sp³-hybridized carbons (Fsp3) is 0.333. The van der Waals surface area contributed by atoms with Crippen molar-refractivity contribution in [1.82, 2.24) is 10.2 Å². The molecule has 1 aliphatic rings. The first kappa shape index (κ1) is 26.2. The molecule has 0 aromatic heterocycles. The summed E-state index contributed by atoms with van der Waals surface area (Å²) in [4.78, 5) is 27.7. The van der Waals surface area contributed by atoms with E-state index >= 15 is 0 Å². The van der Waals surface area contributed by atoms with Gasteiger partial charge in [0.1, 0.15) is 0 Å². The highest BCUT2D eigenvalue weighted by Crippen LogP contribution is 2.34. The Labute approximate surface area is 218 Å². The van der Waals surface area contributed by atoms with Crippen LogP contribution < -0.4 is 20.5 Å². The fourth-order valence-electron chi connectivity index (χ4n) is 4.84. The van der Waals surface area contributed by atoms with Crippen molar-refractivity contribution in [2.24, 2.45) is 5.73 Å². The average Bonchev–Trinajstić information content (AvgIpc) is 2.91. The van der Waals surface area contributed by atoms with Crippen LogP contribution in [0.1, 0.15) is 62.7 Å². The third-order valence-corrected chi connectivity index (χ3v) is 7.02. The number of fused-ring (bicyclic) bond motifs is 1. The second-order valence-electron chi connectivity index (χ2n) is 9.69. The normalized spacial score (nSPS) is 14.1. The molecule has 0 saturated carbocycles. The number of methoxy groups -OCH3 is 2. The van der Waals surface area contributed by atoms with Crippen molar-refractivity contribution in [3.8, 4) is 11.5 Å². The van der Waals surface area contributed by atoms with Crippen molar-refractivity contribution in [3.63, 3.8) is 0 Å². The highest BCUT2D eigenvalue weighted by Gasteiger charge is 2.28. The predicted octanol–water partition coefficient (Wildman–Crippen LogP) is 4.28. The first-order valence-corrected chi connectivity index (χ1v) is 12.6. The van der Waals surface area contributed by atoms with Crippen molar-refractivity contribution in [3.05, 3.63) is 94.0 Å². The minimum Gasteiger partial charge on any atom is -0.493 e. The van der Waals surface area contributed by atoms with Crippen molar-refractivity contribution in [2.75, 3.05) is 20.8 Å². The number of carbonyl (C=O) groups is 2. The molecule has 3 N–H and O–H groups in total. The number of primary amides is 1. The number of nitrogens with two attached hydrogens (primary N) is 1. The van der Waals surface area contributed by atoms with Gasteiger partial charge < -0.3 is 20.5 Å². The third-order valence-electron chi connectivity index (χ3n) is 7.02. The van der Waals surface area contributed by atoms with Gasteiger partial charge in [0.2, 0.25) is 5.91 Å². The van der Waals surface area contributed by atoms with E-state index in [1.807, 2.05) is 48.5 Å². The van der Waals surface area contributed by atoms with Crippen LogP contribution >= 0.6 is 0 Å². The zero-order valence-corrected chi connectivity index (χ0v) is 21.9. The molecule has 0 bridgehead atoms. The number of nitrogens with one attached hydrogen (secondary N) is 1. The van der Waals surface area contributed by atoms with E-state index < -0.39 is 5.91 Å². The lowest BCUT2D eigenvalue weighted by Gasteiger charge is -2.36. The molecule has 37 heavy (non-hydrogen) atoms. The predicted molar refractivity (Wildman–Crippen MR) is 144 cm³/mol. The van der Waals surface area contributed by atoms with Gasteiger partial charge in [-0.25, -0.2) is 0 Å². The van der Waals surface area contributed by atoms with Crippen LogP contribution in [0.4, 0.5) is 0 Å². The van der Waals surface area contributed by atoms with Gasteiger partial charge in [0.25, 0.3) is 5.91 Å². The molecule has 1 aliphatic heterocycles. The van der Waals surface area contributed by atoms with Crippen LogP contribution in [0.2, 0.25) is 0 Å². The standard InChI is InChI=1S/C30H35N3O4/c1-19(2)20-9-11-21(12-10-20)30(35)32-28(17-23-7-5-6-8-25(23)29(31)34)33-14-13-22-15-26(36-3)27(37-4)16-24(22)18-33/h5-12,15-16,19,28H,13-14,17-18H2,1-4H3,(H2,31,34)(H,32,35). The second kappa shape index (κ2) is 11.5. The van der Waals surface area contributed by atoms with E-state index in [1.54, 1.807) is 26.4 Å². The van der Waals surface area contributed by atoms with E-state index in [4.69, 9.17) is 15.2 Å². The average molecular weight is 502 g/mol. The van der Waals surface area contributed by atoms with Crippen LogP contribution in [0.15, 0.2) is 60.7 Å². The molecule has 0 fully saturated rings. The Morgan fingerprint density at radius 3 is 2.24 bits per heavy atom. The molecule has 194 valence electrons. The molecule has 0 radical (unpaired) electrons. The topological polar surface area (TPSA) is 93.9 Å². The van der Waals surface area contributed by atoms with Gasteiger partial charge in [0.05, 0.1) is 20.4 Å². The maximum absolute atomic E-state index is 13.4. The minimum atomic E-state index is -0.481. The van der Waals surface area contributed by atoms with Crippen LogP contribution in [0.3, 0.4) is 0 Å². The molecule has 1 unspecified atom stereocenters. The molecular formula is C30H35N3O4. The Morgan fingerprint density at radius 2 is 1.62 bits per heavy atom. The highest BCUT2D eigenvalue weighted by molar-refractivity contribution is 5.95. The summed E-state index contributed by atoms with van der Waals surface area (Å²) in [5.41, 5.74) is 11.0. The summed E-state index contributed by atoms with van der Waals surface area (Å²) in [6, 6.07) is 19.0. The summed E-state index contributed by atoms with van der Waals surface area (Å²) in [7, 11) is 3.26. The van der Waals surface area contributed by atoms with Gasteiger partial charge in [-0.15, -0.1) is 0 Å². The monoisotopic (exact) mass is 501 g/mol. The van der Waals surface area contributed by atoms with E-state index in [2.05, 4.69) is 24.1 Å². The van der Waals surface area contributed by atoms with Gasteiger partial charge in [-0.05, 0) is 64.9 Å². The van der Waals surface area contributed by atoms with Gasteiger partial charge >= 0.3 is 0 Å². The van der Waals surface area contributed by atoms with Crippen LogP contribution in [-0.4, -0.2) is 43.6 Å². The van der Waals surface area contributed by atoms with Crippen molar-refractivity contribution in [2.45, 2.75) is 45.3 Å². The molecule has 7 heteroatoms. The molecule has 3 aromatic rings. The van der Waals surface area contributed by atoms with Crippen LogP contribution in [0.5, 0.6) is 11.5 Å². The quantitative estimate of drug-likeness (QED) is 0.456. The number of carbonyl (C=O) groups excluding carboxylic acids is 2. The van der Waals surface area contributed by atoms with Crippen LogP contribution in [-0.2, 0) is 19.4 Å². The third kappa shape index (κ3) is 5.94. The fourth-order valence-corrected chi connectivity index (χ4v) is 4.84. The maximum atomic E-state index is 13.4. The van der Waals surface area contributed by atoms with E-state index in [1.165, 1.54) is 11.1 Å². The maximum Gasteiger partial charge on any atom is 0.252 e. The number of benzene rings is 3. The molecule has 0 aliphatic carbocycles.